The highest BCUT2D eigenvalue weighted by atomic mass is 32.2. The van der Waals surface area contributed by atoms with Crippen LogP contribution in [0.2, 0.25) is 0 Å². The lowest BCUT2D eigenvalue weighted by atomic mass is 10.2. The Hall–Kier alpha value is -1.65. The number of sulfone groups is 1. The Morgan fingerprint density at radius 3 is 2.44 bits per heavy atom. The summed E-state index contributed by atoms with van der Waals surface area (Å²) in [6.07, 6.45) is 0.797. The molecule has 1 saturated heterocycles. The Balaban J connectivity index is 2.07. The number of aliphatic carboxylic acids is 1. The average Bonchev–Trinajstić information content (AvgIpc) is 3.06. The molecule has 0 bridgehead atoms. The lowest BCUT2D eigenvalue weighted by molar-refractivity contribution is -0.140. The summed E-state index contributed by atoms with van der Waals surface area (Å²) in [5.41, 5.74) is 0. The molecule has 1 heterocycles. The van der Waals surface area contributed by atoms with E-state index >= 15 is 0 Å². The Morgan fingerprint density at radius 1 is 1.24 bits per heavy atom. The van der Waals surface area contributed by atoms with E-state index in [1.807, 2.05) is 0 Å². The van der Waals surface area contributed by atoms with E-state index in [2.05, 4.69) is 0 Å². The van der Waals surface area contributed by atoms with Crippen molar-refractivity contribution in [2.24, 2.45) is 0 Å². The summed E-state index contributed by atoms with van der Waals surface area (Å²) in [6, 6.07) is 4.47. The molecule has 1 aliphatic heterocycles. The van der Waals surface area contributed by atoms with Gasteiger partial charge in [0.05, 0.1) is 10.6 Å². The first-order chi connectivity index (χ1) is 11.7. The molecule has 0 saturated carbocycles. The van der Waals surface area contributed by atoms with Crippen molar-refractivity contribution in [3.8, 4) is 5.75 Å². The minimum Gasteiger partial charge on any atom is -0.493 e. The van der Waals surface area contributed by atoms with Crippen LogP contribution in [0.4, 0.5) is 0 Å². The monoisotopic (exact) mass is 391 g/mol. The molecule has 25 heavy (non-hydrogen) atoms. The van der Waals surface area contributed by atoms with Crippen molar-refractivity contribution in [3.05, 3.63) is 24.3 Å². The zero-order chi connectivity index (χ0) is 18.7. The van der Waals surface area contributed by atoms with Crippen LogP contribution < -0.4 is 4.74 Å². The second-order valence-corrected chi connectivity index (χ2v) is 10.0. The summed E-state index contributed by atoms with van der Waals surface area (Å²) in [4.78, 5) is 11.2. The van der Waals surface area contributed by atoms with Gasteiger partial charge >= 0.3 is 5.97 Å². The first-order valence-electron chi connectivity index (χ1n) is 7.85. The Morgan fingerprint density at radius 2 is 1.88 bits per heavy atom. The van der Waals surface area contributed by atoms with Crippen LogP contribution in [0.5, 0.6) is 5.75 Å². The zero-order valence-corrected chi connectivity index (χ0v) is 15.4. The van der Waals surface area contributed by atoms with Gasteiger partial charge in [-0.15, -0.1) is 0 Å². The SMILES string of the molecule is CCS(=O)(=O)CCOc1ccc(S(=O)(=O)N2CCCC2C(=O)O)cc1. The summed E-state index contributed by atoms with van der Waals surface area (Å²) < 4.78 is 54.3. The van der Waals surface area contributed by atoms with Gasteiger partial charge in [-0.05, 0) is 37.1 Å². The number of carboxylic acids is 1. The van der Waals surface area contributed by atoms with Crippen LogP contribution in [0.15, 0.2) is 29.2 Å². The largest absolute Gasteiger partial charge is 0.493 e. The maximum atomic E-state index is 12.6. The van der Waals surface area contributed by atoms with Crippen LogP contribution in [0.25, 0.3) is 0 Å². The molecule has 1 aromatic rings. The minimum absolute atomic E-state index is 0.0184. The van der Waals surface area contributed by atoms with E-state index in [-0.39, 0.29) is 29.6 Å². The first kappa shape index (κ1) is 19.7. The van der Waals surface area contributed by atoms with Gasteiger partial charge in [0.1, 0.15) is 18.4 Å². The molecule has 2 rings (SSSR count). The number of nitrogens with zero attached hydrogens (tertiary/aromatic N) is 1. The molecule has 0 spiro atoms. The second kappa shape index (κ2) is 7.71. The maximum absolute atomic E-state index is 12.6. The van der Waals surface area contributed by atoms with Gasteiger partial charge in [0.25, 0.3) is 0 Å². The molecule has 0 aliphatic carbocycles. The van der Waals surface area contributed by atoms with Crippen LogP contribution in [-0.2, 0) is 24.7 Å². The molecule has 0 aromatic heterocycles. The van der Waals surface area contributed by atoms with Crippen LogP contribution in [0.1, 0.15) is 19.8 Å². The Kier molecular flexibility index (Phi) is 6.07. The molecule has 1 N–H and O–H groups in total. The molecule has 140 valence electrons. The number of ether oxygens (including phenoxy) is 1. The standard InChI is InChI=1S/C15H21NO7S2/c1-2-24(19,20)11-10-23-12-5-7-13(8-6-12)25(21,22)16-9-3-4-14(16)15(17)18/h5-8,14H,2-4,9-11H2,1H3,(H,17,18). The predicted molar refractivity (Wildman–Crippen MR) is 90.8 cm³/mol. The summed E-state index contributed by atoms with van der Waals surface area (Å²) >= 11 is 0. The second-order valence-electron chi connectivity index (χ2n) is 5.67. The first-order valence-corrected chi connectivity index (χ1v) is 11.1. The third kappa shape index (κ3) is 4.71. The van der Waals surface area contributed by atoms with Crippen molar-refractivity contribution in [1.29, 1.82) is 0 Å². The smallest absolute Gasteiger partial charge is 0.322 e. The van der Waals surface area contributed by atoms with Gasteiger partial charge in [-0.2, -0.15) is 4.31 Å². The minimum atomic E-state index is -3.90. The van der Waals surface area contributed by atoms with Crippen molar-refractivity contribution < 1.29 is 31.5 Å². The van der Waals surface area contributed by atoms with Crippen molar-refractivity contribution in [2.75, 3.05) is 24.7 Å². The summed E-state index contributed by atoms with van der Waals surface area (Å²) in [5, 5.41) is 9.15. The van der Waals surface area contributed by atoms with Crippen LogP contribution >= 0.6 is 0 Å². The van der Waals surface area contributed by atoms with E-state index < -0.39 is 31.9 Å². The average molecular weight is 391 g/mol. The van der Waals surface area contributed by atoms with Crippen molar-refractivity contribution in [2.45, 2.75) is 30.7 Å². The van der Waals surface area contributed by atoms with Crippen LogP contribution in [-0.4, -0.2) is 62.9 Å². The summed E-state index contributed by atoms with van der Waals surface area (Å²) in [6.45, 7) is 1.71. The van der Waals surface area contributed by atoms with E-state index in [0.29, 0.717) is 18.6 Å². The van der Waals surface area contributed by atoms with E-state index in [1.165, 1.54) is 24.3 Å². The molecular weight excluding hydrogens is 370 g/mol. The number of rotatable bonds is 8. The normalized spacial score (nSPS) is 19.0. The Labute approximate surface area is 147 Å². The van der Waals surface area contributed by atoms with Gasteiger partial charge in [0.15, 0.2) is 9.84 Å². The fourth-order valence-electron chi connectivity index (χ4n) is 2.55. The van der Waals surface area contributed by atoms with Gasteiger partial charge < -0.3 is 9.84 Å². The van der Waals surface area contributed by atoms with E-state index in [9.17, 15) is 21.6 Å². The molecule has 1 aromatic carbocycles. The van der Waals surface area contributed by atoms with Gasteiger partial charge in [-0.1, -0.05) is 6.92 Å². The number of carboxylic acid groups (broad SMARTS) is 1. The number of sulfonamides is 1. The highest BCUT2D eigenvalue weighted by molar-refractivity contribution is 7.91. The van der Waals surface area contributed by atoms with Crippen LogP contribution in [0.3, 0.4) is 0 Å². The van der Waals surface area contributed by atoms with E-state index in [0.717, 1.165) is 4.31 Å². The Bertz CT molecular complexity index is 816. The quantitative estimate of drug-likeness (QED) is 0.694. The number of hydrogen-bond donors (Lipinski definition) is 1. The molecule has 1 aliphatic rings. The third-order valence-corrected chi connectivity index (χ3v) is 7.61. The fourth-order valence-corrected chi connectivity index (χ4v) is 4.83. The van der Waals surface area contributed by atoms with Crippen molar-refractivity contribution in [1.82, 2.24) is 4.31 Å². The lowest BCUT2D eigenvalue weighted by Crippen LogP contribution is -2.40. The topological polar surface area (TPSA) is 118 Å². The van der Waals surface area contributed by atoms with E-state index in [4.69, 9.17) is 9.84 Å². The third-order valence-electron chi connectivity index (χ3n) is 4.02. The van der Waals surface area contributed by atoms with E-state index in [1.54, 1.807) is 6.92 Å². The van der Waals surface area contributed by atoms with Gasteiger partial charge in [0, 0.05) is 12.3 Å². The van der Waals surface area contributed by atoms with Crippen molar-refractivity contribution >= 4 is 25.8 Å². The van der Waals surface area contributed by atoms with Gasteiger partial charge in [-0.25, -0.2) is 16.8 Å². The molecule has 1 unspecified atom stereocenters. The maximum Gasteiger partial charge on any atom is 0.322 e. The zero-order valence-electron chi connectivity index (χ0n) is 13.8. The molecule has 8 nitrogen and oxygen atoms in total. The molecule has 1 fully saturated rings. The molecular formula is C15H21NO7S2. The highest BCUT2D eigenvalue weighted by Gasteiger charge is 2.39. The van der Waals surface area contributed by atoms with Crippen LogP contribution in [0, 0.1) is 0 Å². The summed E-state index contributed by atoms with van der Waals surface area (Å²) in [7, 11) is -7.03. The molecule has 1 atom stereocenters. The number of benzene rings is 1. The highest BCUT2D eigenvalue weighted by Crippen LogP contribution is 2.27. The number of hydrogen-bond acceptors (Lipinski definition) is 6. The summed E-state index contributed by atoms with van der Waals surface area (Å²) in [5.74, 6) is -0.884. The fraction of sp³-hybridized carbons (Fsp3) is 0.533. The molecule has 0 amide bonds. The van der Waals surface area contributed by atoms with Gasteiger partial charge in [0.2, 0.25) is 10.0 Å². The molecule has 10 heteroatoms. The van der Waals surface area contributed by atoms with Crippen molar-refractivity contribution in [3.63, 3.8) is 0 Å². The number of carbonyl (C=O) groups is 1. The predicted octanol–water partition coefficient (Wildman–Crippen LogP) is 0.738. The molecule has 0 radical (unpaired) electrons. The van der Waals surface area contributed by atoms with Gasteiger partial charge in [-0.3, -0.25) is 4.79 Å². The lowest BCUT2D eigenvalue weighted by Gasteiger charge is -2.21.